The zero-order chi connectivity index (χ0) is 14.6. The molecule has 0 spiro atoms. The van der Waals surface area contributed by atoms with E-state index in [1.165, 1.54) is 32.1 Å². The molecule has 4 aliphatic carbocycles. The number of benzene rings is 1. The third-order valence-corrected chi connectivity index (χ3v) is 6.85. The molecule has 4 aliphatic rings. The molecular formula is C18H20Cl2O. The first-order valence-electron chi connectivity index (χ1n) is 8.07. The van der Waals surface area contributed by atoms with E-state index in [0.717, 1.165) is 17.4 Å². The minimum atomic E-state index is 0.285. The monoisotopic (exact) mass is 322 g/mol. The van der Waals surface area contributed by atoms with E-state index >= 15 is 0 Å². The van der Waals surface area contributed by atoms with Gasteiger partial charge in [0, 0.05) is 12.3 Å². The van der Waals surface area contributed by atoms with E-state index in [1.54, 1.807) is 6.07 Å². The fourth-order valence-electron chi connectivity index (χ4n) is 5.44. The number of carbonyl (C=O) groups is 1. The molecule has 4 bridgehead atoms. The third-order valence-electron chi connectivity index (χ3n) is 5.99. The molecule has 0 aromatic heterocycles. The molecule has 4 fully saturated rings. The van der Waals surface area contributed by atoms with Crippen molar-refractivity contribution in [2.75, 3.05) is 0 Å². The van der Waals surface area contributed by atoms with Crippen molar-refractivity contribution in [1.29, 1.82) is 0 Å². The van der Waals surface area contributed by atoms with Crippen LogP contribution >= 0.6 is 23.2 Å². The standard InChI is InChI=1S/C18H20Cl2O/c19-15-3-1-2-12(18(15)20)9-16(21)17-13-5-10-4-11(7-13)8-14(17)6-10/h1-3,10-11,13-14,17H,4-9H2. The first-order chi connectivity index (χ1) is 10.1. The van der Waals surface area contributed by atoms with Gasteiger partial charge in [-0.05, 0) is 67.4 Å². The summed E-state index contributed by atoms with van der Waals surface area (Å²) in [6, 6.07) is 5.59. The molecular weight excluding hydrogens is 303 g/mol. The Hall–Kier alpha value is -0.530. The molecule has 5 rings (SSSR count). The van der Waals surface area contributed by atoms with Gasteiger partial charge in [-0.15, -0.1) is 0 Å². The van der Waals surface area contributed by atoms with Gasteiger partial charge in [-0.2, -0.15) is 0 Å². The third kappa shape index (κ3) is 2.43. The molecule has 1 nitrogen and oxygen atoms in total. The molecule has 112 valence electrons. The summed E-state index contributed by atoms with van der Waals surface area (Å²) in [6.07, 6.45) is 7.01. The molecule has 0 aliphatic heterocycles. The van der Waals surface area contributed by atoms with Crippen molar-refractivity contribution < 1.29 is 4.79 Å². The van der Waals surface area contributed by atoms with Crippen molar-refractivity contribution in [2.45, 2.75) is 38.5 Å². The Morgan fingerprint density at radius 2 is 1.62 bits per heavy atom. The summed E-state index contributed by atoms with van der Waals surface area (Å²) in [6.45, 7) is 0. The molecule has 0 N–H and O–H groups in total. The van der Waals surface area contributed by atoms with Crippen molar-refractivity contribution in [3.8, 4) is 0 Å². The van der Waals surface area contributed by atoms with Crippen LogP contribution in [-0.4, -0.2) is 5.78 Å². The largest absolute Gasteiger partial charge is 0.299 e. The first-order valence-corrected chi connectivity index (χ1v) is 8.83. The highest BCUT2D eigenvalue weighted by molar-refractivity contribution is 6.42. The predicted octanol–water partition coefficient (Wildman–Crippen LogP) is 5.18. The normalized spacial score (nSPS) is 37.0. The summed E-state index contributed by atoms with van der Waals surface area (Å²) in [5, 5.41) is 1.10. The number of ketones is 1. The average Bonchev–Trinajstić information content (AvgIpc) is 2.42. The lowest BCUT2D eigenvalue weighted by Crippen LogP contribution is -2.48. The molecule has 0 atom stereocenters. The maximum Gasteiger partial charge on any atom is 0.140 e. The summed E-state index contributed by atoms with van der Waals surface area (Å²) in [5.74, 6) is 3.79. The van der Waals surface area contributed by atoms with Gasteiger partial charge in [-0.1, -0.05) is 35.3 Å². The van der Waals surface area contributed by atoms with E-state index in [4.69, 9.17) is 23.2 Å². The van der Waals surface area contributed by atoms with E-state index < -0.39 is 0 Å². The maximum absolute atomic E-state index is 12.9. The number of carbonyl (C=O) groups excluding carboxylic acids is 1. The van der Waals surface area contributed by atoms with Gasteiger partial charge >= 0.3 is 0 Å². The van der Waals surface area contributed by atoms with Crippen LogP contribution in [0.1, 0.15) is 37.7 Å². The molecule has 0 radical (unpaired) electrons. The fourth-order valence-corrected chi connectivity index (χ4v) is 5.83. The van der Waals surface area contributed by atoms with Gasteiger partial charge in [0.25, 0.3) is 0 Å². The lowest BCUT2D eigenvalue weighted by atomic mass is 9.51. The van der Waals surface area contributed by atoms with Crippen molar-refractivity contribution in [2.24, 2.45) is 29.6 Å². The van der Waals surface area contributed by atoms with Gasteiger partial charge < -0.3 is 0 Å². The minimum Gasteiger partial charge on any atom is -0.299 e. The Bertz CT molecular complexity index is 553. The van der Waals surface area contributed by atoms with Crippen molar-refractivity contribution in [1.82, 2.24) is 0 Å². The zero-order valence-electron chi connectivity index (χ0n) is 12.0. The van der Waals surface area contributed by atoms with Crippen LogP contribution in [0.15, 0.2) is 18.2 Å². The van der Waals surface area contributed by atoms with Crippen LogP contribution in [0.25, 0.3) is 0 Å². The SMILES string of the molecule is O=C(Cc1cccc(Cl)c1Cl)C1C2CC3CC(C2)CC1C3. The second-order valence-electron chi connectivity index (χ2n) is 7.31. The number of Topliss-reactive ketones (excluding diaryl/α,β-unsaturated/α-hetero) is 1. The fraction of sp³-hybridized carbons (Fsp3) is 0.611. The Morgan fingerprint density at radius 3 is 2.24 bits per heavy atom. The molecule has 1 aromatic rings. The van der Waals surface area contributed by atoms with Crippen LogP contribution in [0.2, 0.25) is 10.0 Å². The van der Waals surface area contributed by atoms with Crippen molar-refractivity contribution in [3.05, 3.63) is 33.8 Å². The van der Waals surface area contributed by atoms with Gasteiger partial charge in [0.15, 0.2) is 0 Å². The lowest BCUT2D eigenvalue weighted by molar-refractivity contribution is -0.135. The van der Waals surface area contributed by atoms with E-state index in [2.05, 4.69) is 0 Å². The Labute approximate surface area is 136 Å². The topological polar surface area (TPSA) is 17.1 Å². The van der Waals surface area contributed by atoms with E-state index in [1.807, 2.05) is 12.1 Å². The van der Waals surface area contributed by atoms with Crippen molar-refractivity contribution in [3.63, 3.8) is 0 Å². The summed E-state index contributed by atoms with van der Waals surface area (Å²) >= 11 is 12.3. The van der Waals surface area contributed by atoms with Crippen LogP contribution in [0.5, 0.6) is 0 Å². The van der Waals surface area contributed by atoms with Gasteiger partial charge in [0.1, 0.15) is 5.78 Å². The predicted molar refractivity (Wildman–Crippen MR) is 85.7 cm³/mol. The highest BCUT2D eigenvalue weighted by Gasteiger charge is 2.50. The molecule has 0 amide bonds. The number of hydrogen-bond donors (Lipinski definition) is 0. The number of halogens is 2. The Kier molecular flexibility index (Phi) is 3.54. The molecule has 0 saturated heterocycles. The molecule has 0 heterocycles. The smallest absolute Gasteiger partial charge is 0.140 e. The number of hydrogen-bond acceptors (Lipinski definition) is 1. The Morgan fingerprint density at radius 1 is 1.00 bits per heavy atom. The molecule has 1 aromatic carbocycles. The maximum atomic E-state index is 12.9. The first kappa shape index (κ1) is 14.1. The summed E-state index contributed by atoms with van der Waals surface area (Å²) in [5.41, 5.74) is 0.892. The quantitative estimate of drug-likeness (QED) is 0.749. The molecule has 4 saturated carbocycles. The van der Waals surface area contributed by atoms with Crippen LogP contribution in [0.3, 0.4) is 0 Å². The summed E-state index contributed by atoms with van der Waals surface area (Å²) in [7, 11) is 0. The minimum absolute atomic E-state index is 0.285. The highest BCUT2D eigenvalue weighted by Crippen LogP contribution is 2.56. The van der Waals surface area contributed by atoms with Crippen LogP contribution in [0.4, 0.5) is 0 Å². The van der Waals surface area contributed by atoms with Crippen molar-refractivity contribution >= 4 is 29.0 Å². The van der Waals surface area contributed by atoms with Gasteiger partial charge in [0.2, 0.25) is 0 Å². The van der Waals surface area contributed by atoms with Gasteiger partial charge in [0.05, 0.1) is 10.0 Å². The lowest BCUT2D eigenvalue weighted by Gasteiger charge is -2.53. The van der Waals surface area contributed by atoms with Crippen LogP contribution in [0, 0.1) is 29.6 Å². The van der Waals surface area contributed by atoms with E-state index in [9.17, 15) is 4.79 Å². The van der Waals surface area contributed by atoms with Gasteiger partial charge in [-0.25, -0.2) is 0 Å². The number of rotatable bonds is 3. The average molecular weight is 323 g/mol. The molecule has 0 unspecified atom stereocenters. The summed E-state index contributed by atoms with van der Waals surface area (Å²) < 4.78 is 0. The zero-order valence-corrected chi connectivity index (χ0v) is 13.5. The van der Waals surface area contributed by atoms with E-state index in [-0.39, 0.29) is 5.92 Å². The van der Waals surface area contributed by atoms with Crippen LogP contribution in [-0.2, 0) is 11.2 Å². The van der Waals surface area contributed by atoms with Gasteiger partial charge in [-0.3, -0.25) is 4.79 Å². The summed E-state index contributed by atoms with van der Waals surface area (Å²) in [4.78, 5) is 12.9. The molecule has 21 heavy (non-hydrogen) atoms. The van der Waals surface area contributed by atoms with E-state index in [0.29, 0.717) is 34.1 Å². The highest BCUT2D eigenvalue weighted by atomic mass is 35.5. The second-order valence-corrected chi connectivity index (χ2v) is 8.10. The Balaban J connectivity index is 1.54. The van der Waals surface area contributed by atoms with Crippen LogP contribution < -0.4 is 0 Å². The molecule has 3 heteroatoms. The second kappa shape index (κ2) is 5.28.